The van der Waals surface area contributed by atoms with E-state index in [1.54, 1.807) is 13.3 Å². The molecule has 0 aliphatic heterocycles. The van der Waals surface area contributed by atoms with Crippen LogP contribution in [0.3, 0.4) is 0 Å². The third-order valence-electron chi connectivity index (χ3n) is 3.89. The molecule has 3 aromatic rings. The number of aromatic nitrogens is 3. The molecule has 3 rings (SSSR count). The van der Waals surface area contributed by atoms with Crippen molar-refractivity contribution < 1.29 is 4.74 Å². The zero-order valence-corrected chi connectivity index (χ0v) is 15.1. The SMILES string of the molecule is COc1ccc(CCNc2cc(NCc3ccccn3)nc(C)n2)cc1. The maximum absolute atomic E-state index is 5.18. The lowest BCUT2D eigenvalue weighted by Gasteiger charge is -2.10. The molecule has 0 spiro atoms. The first kappa shape index (κ1) is 17.7. The highest BCUT2D eigenvalue weighted by molar-refractivity contribution is 5.47. The molecule has 0 aliphatic carbocycles. The summed E-state index contributed by atoms with van der Waals surface area (Å²) in [6, 6.07) is 15.9. The number of nitrogens with zero attached hydrogens (tertiary/aromatic N) is 3. The summed E-state index contributed by atoms with van der Waals surface area (Å²) in [6.07, 6.45) is 2.69. The van der Waals surface area contributed by atoms with Crippen molar-refractivity contribution in [3.8, 4) is 5.75 Å². The van der Waals surface area contributed by atoms with E-state index >= 15 is 0 Å². The van der Waals surface area contributed by atoms with Crippen LogP contribution in [0.5, 0.6) is 5.75 Å². The highest BCUT2D eigenvalue weighted by Gasteiger charge is 2.03. The average molecular weight is 349 g/mol. The molecule has 0 fully saturated rings. The number of benzene rings is 1. The number of methoxy groups -OCH3 is 1. The van der Waals surface area contributed by atoms with Gasteiger partial charge in [-0.25, -0.2) is 9.97 Å². The normalized spacial score (nSPS) is 10.4. The van der Waals surface area contributed by atoms with Crippen molar-refractivity contribution >= 4 is 11.6 Å². The fourth-order valence-electron chi connectivity index (χ4n) is 2.56. The van der Waals surface area contributed by atoms with Gasteiger partial charge >= 0.3 is 0 Å². The van der Waals surface area contributed by atoms with Crippen molar-refractivity contribution in [3.63, 3.8) is 0 Å². The molecule has 26 heavy (non-hydrogen) atoms. The summed E-state index contributed by atoms with van der Waals surface area (Å²) in [4.78, 5) is 13.2. The molecule has 6 nitrogen and oxygen atoms in total. The van der Waals surface area contributed by atoms with Crippen LogP contribution < -0.4 is 15.4 Å². The van der Waals surface area contributed by atoms with E-state index in [0.29, 0.717) is 6.54 Å². The molecule has 2 N–H and O–H groups in total. The van der Waals surface area contributed by atoms with Crippen molar-refractivity contribution in [1.29, 1.82) is 0 Å². The van der Waals surface area contributed by atoms with Gasteiger partial charge in [0.1, 0.15) is 23.2 Å². The third kappa shape index (κ3) is 5.17. The summed E-state index contributed by atoms with van der Waals surface area (Å²) >= 11 is 0. The second-order valence-corrected chi connectivity index (χ2v) is 5.89. The zero-order chi connectivity index (χ0) is 18.2. The van der Waals surface area contributed by atoms with E-state index in [0.717, 1.165) is 41.9 Å². The van der Waals surface area contributed by atoms with Crippen LogP contribution in [0.4, 0.5) is 11.6 Å². The summed E-state index contributed by atoms with van der Waals surface area (Å²) in [5.41, 5.74) is 2.22. The Morgan fingerprint density at radius 1 is 0.962 bits per heavy atom. The minimum Gasteiger partial charge on any atom is -0.497 e. The standard InChI is InChI=1S/C20H23N5O/c1-15-24-19(22-12-10-16-6-8-18(26-2)9-7-16)13-20(25-15)23-14-17-5-3-4-11-21-17/h3-9,11,13H,10,12,14H2,1-2H3,(H2,22,23,24,25). The van der Waals surface area contributed by atoms with Crippen LogP contribution >= 0.6 is 0 Å². The number of aryl methyl sites for hydroxylation is 1. The molecule has 2 aromatic heterocycles. The van der Waals surface area contributed by atoms with Crippen LogP contribution in [-0.2, 0) is 13.0 Å². The molecule has 0 amide bonds. The second kappa shape index (κ2) is 8.80. The predicted molar refractivity (Wildman–Crippen MR) is 104 cm³/mol. The Hall–Kier alpha value is -3.15. The first-order chi connectivity index (χ1) is 12.7. The maximum Gasteiger partial charge on any atom is 0.132 e. The van der Waals surface area contributed by atoms with Crippen molar-refractivity contribution in [1.82, 2.24) is 15.0 Å². The highest BCUT2D eigenvalue weighted by Crippen LogP contribution is 2.14. The monoisotopic (exact) mass is 349 g/mol. The largest absolute Gasteiger partial charge is 0.497 e. The van der Waals surface area contributed by atoms with Gasteiger partial charge in [-0.15, -0.1) is 0 Å². The van der Waals surface area contributed by atoms with Gasteiger partial charge in [0.05, 0.1) is 19.3 Å². The van der Waals surface area contributed by atoms with Crippen molar-refractivity contribution in [2.24, 2.45) is 0 Å². The van der Waals surface area contributed by atoms with E-state index in [9.17, 15) is 0 Å². The quantitative estimate of drug-likeness (QED) is 0.649. The molecule has 0 unspecified atom stereocenters. The van der Waals surface area contributed by atoms with E-state index in [4.69, 9.17) is 4.74 Å². The van der Waals surface area contributed by atoms with Crippen LogP contribution in [0.25, 0.3) is 0 Å². The maximum atomic E-state index is 5.18. The molecular formula is C20H23N5O. The Bertz CT molecular complexity index is 821. The van der Waals surface area contributed by atoms with Gasteiger partial charge in [-0.3, -0.25) is 4.98 Å². The van der Waals surface area contributed by atoms with E-state index in [2.05, 4.69) is 37.7 Å². The summed E-state index contributed by atoms with van der Waals surface area (Å²) in [6.45, 7) is 3.31. The van der Waals surface area contributed by atoms with Crippen molar-refractivity contribution in [2.45, 2.75) is 19.9 Å². The van der Waals surface area contributed by atoms with Crippen molar-refractivity contribution in [3.05, 3.63) is 71.8 Å². The van der Waals surface area contributed by atoms with Gasteiger partial charge in [-0.2, -0.15) is 0 Å². The number of ether oxygens (including phenoxy) is 1. The molecule has 2 heterocycles. The van der Waals surface area contributed by atoms with Gasteiger partial charge in [0.25, 0.3) is 0 Å². The Morgan fingerprint density at radius 2 is 1.73 bits per heavy atom. The summed E-state index contributed by atoms with van der Waals surface area (Å²) in [7, 11) is 1.67. The van der Waals surface area contributed by atoms with Crippen LogP contribution in [0.1, 0.15) is 17.1 Å². The summed E-state index contributed by atoms with van der Waals surface area (Å²) in [5.74, 6) is 3.20. The molecule has 0 atom stereocenters. The lowest BCUT2D eigenvalue weighted by molar-refractivity contribution is 0.414. The lowest BCUT2D eigenvalue weighted by atomic mass is 10.1. The first-order valence-electron chi connectivity index (χ1n) is 8.59. The molecule has 134 valence electrons. The number of hydrogen-bond acceptors (Lipinski definition) is 6. The Balaban J connectivity index is 1.54. The molecule has 0 saturated carbocycles. The summed E-state index contributed by atoms with van der Waals surface area (Å²) in [5, 5.41) is 6.66. The Labute approximate surface area is 153 Å². The molecule has 6 heteroatoms. The lowest BCUT2D eigenvalue weighted by Crippen LogP contribution is -2.09. The van der Waals surface area contributed by atoms with Gasteiger partial charge in [-0.1, -0.05) is 18.2 Å². The van der Waals surface area contributed by atoms with Crippen LogP contribution in [0, 0.1) is 6.92 Å². The molecule has 0 radical (unpaired) electrons. The topological polar surface area (TPSA) is 72.0 Å². The van der Waals surface area contributed by atoms with Gasteiger partial charge in [0.15, 0.2) is 0 Å². The molecular weight excluding hydrogens is 326 g/mol. The average Bonchev–Trinajstić information content (AvgIpc) is 2.67. The number of hydrogen-bond donors (Lipinski definition) is 2. The highest BCUT2D eigenvalue weighted by atomic mass is 16.5. The van der Waals surface area contributed by atoms with E-state index in [1.165, 1.54) is 5.56 Å². The molecule has 0 aliphatic rings. The van der Waals surface area contributed by atoms with Crippen LogP contribution in [0.15, 0.2) is 54.7 Å². The Kier molecular flexibility index (Phi) is 5.98. The number of nitrogens with one attached hydrogen (secondary N) is 2. The molecule has 0 bridgehead atoms. The van der Waals surface area contributed by atoms with E-state index in [1.807, 2.05) is 43.3 Å². The van der Waals surface area contributed by atoms with Gasteiger partial charge in [0.2, 0.25) is 0 Å². The second-order valence-electron chi connectivity index (χ2n) is 5.89. The van der Waals surface area contributed by atoms with Gasteiger partial charge in [-0.05, 0) is 43.2 Å². The van der Waals surface area contributed by atoms with Crippen LogP contribution in [0.2, 0.25) is 0 Å². The first-order valence-corrected chi connectivity index (χ1v) is 8.59. The smallest absolute Gasteiger partial charge is 0.132 e. The Morgan fingerprint density at radius 3 is 2.42 bits per heavy atom. The number of rotatable bonds is 8. The number of anilines is 2. The zero-order valence-electron chi connectivity index (χ0n) is 15.1. The van der Waals surface area contributed by atoms with E-state index in [-0.39, 0.29) is 0 Å². The van der Waals surface area contributed by atoms with Crippen molar-refractivity contribution in [2.75, 3.05) is 24.3 Å². The molecule has 1 aromatic carbocycles. The fraction of sp³-hybridized carbons (Fsp3) is 0.250. The van der Waals surface area contributed by atoms with Crippen LogP contribution in [-0.4, -0.2) is 28.6 Å². The summed E-state index contributed by atoms with van der Waals surface area (Å²) < 4.78 is 5.18. The predicted octanol–water partition coefficient (Wildman–Crippen LogP) is 3.46. The minimum atomic E-state index is 0.628. The van der Waals surface area contributed by atoms with Gasteiger partial charge in [0, 0.05) is 18.8 Å². The van der Waals surface area contributed by atoms with E-state index < -0.39 is 0 Å². The third-order valence-corrected chi connectivity index (χ3v) is 3.89. The van der Waals surface area contributed by atoms with Gasteiger partial charge < -0.3 is 15.4 Å². The molecule has 0 saturated heterocycles. The minimum absolute atomic E-state index is 0.628. The fourth-order valence-corrected chi connectivity index (χ4v) is 2.56. The number of pyridine rings is 1.